The van der Waals surface area contributed by atoms with Gasteiger partial charge in [-0.1, -0.05) is 0 Å². The first-order valence-corrected chi connectivity index (χ1v) is 14.4. The predicted octanol–water partition coefficient (Wildman–Crippen LogP) is 2.47. The molecule has 2 aromatic heterocycles. The molecule has 0 bridgehead atoms. The zero-order chi connectivity index (χ0) is 26.2. The highest BCUT2D eigenvalue weighted by atomic mass is 32.2. The van der Waals surface area contributed by atoms with Crippen LogP contribution in [0.3, 0.4) is 0 Å². The van der Waals surface area contributed by atoms with E-state index in [1.807, 2.05) is 12.1 Å². The van der Waals surface area contributed by atoms with Crippen LogP contribution in [-0.4, -0.2) is 60.2 Å². The molecule has 4 heterocycles. The van der Waals surface area contributed by atoms with Crippen molar-refractivity contribution in [2.45, 2.75) is 32.6 Å². The molecule has 5 rings (SSSR count). The van der Waals surface area contributed by atoms with Crippen LogP contribution >= 0.6 is 11.3 Å². The van der Waals surface area contributed by atoms with E-state index < -0.39 is 21.8 Å². The molecule has 3 amide bonds. The second-order valence-electron chi connectivity index (χ2n) is 9.21. The summed E-state index contributed by atoms with van der Waals surface area (Å²) in [6, 6.07) is 10.4. The fourth-order valence-electron chi connectivity index (χ4n) is 4.61. The van der Waals surface area contributed by atoms with Gasteiger partial charge in [0.2, 0.25) is 21.8 Å². The zero-order valence-electron chi connectivity index (χ0n) is 20.1. The van der Waals surface area contributed by atoms with Crippen molar-refractivity contribution >= 4 is 50.5 Å². The molecular weight excluding hydrogens is 516 g/mol. The van der Waals surface area contributed by atoms with Gasteiger partial charge < -0.3 is 9.80 Å². The van der Waals surface area contributed by atoms with Gasteiger partial charge >= 0.3 is 0 Å². The summed E-state index contributed by atoms with van der Waals surface area (Å²) in [5.74, 6) is -0.563. The van der Waals surface area contributed by atoms with Crippen molar-refractivity contribution in [3.63, 3.8) is 0 Å². The lowest BCUT2D eigenvalue weighted by atomic mass is 10.1. The Bertz CT molecular complexity index is 1450. The van der Waals surface area contributed by atoms with E-state index >= 15 is 0 Å². The molecule has 11 nitrogen and oxygen atoms in total. The average Bonchev–Trinajstić information content (AvgIpc) is 3.59. The number of benzene rings is 1. The third kappa shape index (κ3) is 5.57. The number of carbonyl (C=O) groups excluding carboxylic acids is 3. The molecule has 2 aliphatic rings. The summed E-state index contributed by atoms with van der Waals surface area (Å²) < 4.78 is 27.6. The van der Waals surface area contributed by atoms with Gasteiger partial charge in [-0.15, -0.1) is 11.3 Å². The van der Waals surface area contributed by atoms with Gasteiger partial charge in [0.15, 0.2) is 5.82 Å². The van der Waals surface area contributed by atoms with Gasteiger partial charge in [-0.25, -0.2) is 18.1 Å². The quantitative estimate of drug-likeness (QED) is 0.466. The molecule has 2 aliphatic heterocycles. The lowest BCUT2D eigenvalue weighted by Gasteiger charge is -2.27. The molecule has 13 heteroatoms. The fraction of sp³-hybridized carbons (Fsp3) is 0.375. The van der Waals surface area contributed by atoms with Crippen molar-refractivity contribution in [1.82, 2.24) is 19.9 Å². The van der Waals surface area contributed by atoms with E-state index in [1.54, 1.807) is 34.9 Å². The molecule has 194 valence electrons. The highest BCUT2D eigenvalue weighted by Gasteiger charge is 2.34. The summed E-state index contributed by atoms with van der Waals surface area (Å²) in [6.07, 6.45) is 2.46. The van der Waals surface area contributed by atoms with Crippen LogP contribution in [-0.2, 0) is 19.6 Å². The Hall–Kier alpha value is -3.58. The molecule has 0 saturated carbocycles. The van der Waals surface area contributed by atoms with Crippen molar-refractivity contribution in [3.8, 4) is 10.7 Å². The lowest BCUT2D eigenvalue weighted by molar-refractivity contribution is -0.119. The molecule has 1 atom stereocenters. The highest BCUT2D eigenvalue weighted by Crippen LogP contribution is 2.29. The minimum atomic E-state index is -3.97. The highest BCUT2D eigenvalue weighted by molar-refractivity contribution is 7.90. The van der Waals surface area contributed by atoms with Gasteiger partial charge in [0.25, 0.3) is 5.91 Å². The molecule has 2 fully saturated rings. The number of nitrogens with one attached hydrogen (secondary N) is 2. The lowest BCUT2D eigenvalue weighted by Crippen LogP contribution is -2.35. The Balaban J connectivity index is 1.19. The summed E-state index contributed by atoms with van der Waals surface area (Å²) in [5.41, 5.74) is 1.44. The Morgan fingerprint density at radius 3 is 2.49 bits per heavy atom. The Kier molecular flexibility index (Phi) is 6.82. The Morgan fingerprint density at radius 1 is 1.08 bits per heavy atom. The molecule has 37 heavy (non-hydrogen) atoms. The van der Waals surface area contributed by atoms with Crippen molar-refractivity contribution in [1.29, 1.82) is 0 Å². The molecule has 2 N–H and O–H groups in total. The van der Waals surface area contributed by atoms with Crippen molar-refractivity contribution in [2.75, 3.05) is 28.6 Å². The number of amides is 3. The van der Waals surface area contributed by atoms with Gasteiger partial charge in [0, 0.05) is 43.2 Å². The number of aryl methyl sites for hydroxylation is 1. The van der Waals surface area contributed by atoms with Gasteiger partial charge in [-0.2, -0.15) is 5.10 Å². The topological polar surface area (TPSA) is 145 Å². The maximum Gasteiger partial charge on any atom is 0.274 e. The predicted molar refractivity (Wildman–Crippen MR) is 139 cm³/mol. The van der Waals surface area contributed by atoms with E-state index in [2.05, 4.69) is 19.9 Å². The van der Waals surface area contributed by atoms with E-state index in [4.69, 9.17) is 0 Å². The number of carbonyl (C=O) groups is 3. The number of H-pyrrole nitrogens is 1. The number of sulfonamides is 1. The van der Waals surface area contributed by atoms with E-state index in [-0.39, 0.29) is 35.4 Å². The SMILES string of the molecule is Cc1nc(-c2ccc(C(=O)NS(=O)(=O)CC3CC(=O)N(c4ccc(N5CCCCC5=O)cc4)C3)s2)n[nH]1. The summed E-state index contributed by atoms with van der Waals surface area (Å²) in [5, 5.41) is 6.77. The minimum absolute atomic E-state index is 0.0643. The Morgan fingerprint density at radius 2 is 1.81 bits per heavy atom. The van der Waals surface area contributed by atoms with Crippen molar-refractivity contribution in [3.05, 3.63) is 47.1 Å². The third-order valence-corrected chi connectivity index (χ3v) is 8.84. The first-order chi connectivity index (χ1) is 17.7. The van der Waals surface area contributed by atoms with Gasteiger partial charge in [0.1, 0.15) is 5.82 Å². The van der Waals surface area contributed by atoms with Crippen LogP contribution in [0.25, 0.3) is 10.7 Å². The van der Waals surface area contributed by atoms with Gasteiger partial charge in [-0.05, 0) is 56.2 Å². The molecule has 0 radical (unpaired) electrons. The summed E-state index contributed by atoms with van der Waals surface area (Å²) >= 11 is 1.09. The standard InChI is InChI=1S/C24H26N6O5S2/c1-15-25-23(27-26-15)19-9-10-20(36-19)24(33)28-37(34,35)14-16-12-22(32)30(13-16)18-7-5-17(6-8-18)29-11-3-2-4-21(29)31/h5-10,16H,2-4,11-14H2,1H3,(H,28,33)(H,25,26,27). The molecule has 0 spiro atoms. The molecule has 0 aliphatic carbocycles. The third-order valence-electron chi connectivity index (χ3n) is 6.35. The largest absolute Gasteiger partial charge is 0.312 e. The number of nitrogens with zero attached hydrogens (tertiary/aromatic N) is 4. The van der Waals surface area contributed by atoms with Crippen molar-refractivity contribution in [2.24, 2.45) is 5.92 Å². The van der Waals surface area contributed by atoms with Gasteiger partial charge in [-0.3, -0.25) is 19.5 Å². The first-order valence-electron chi connectivity index (χ1n) is 11.9. The number of piperidine rings is 1. The van der Waals surface area contributed by atoms with Crippen LogP contribution in [0, 0.1) is 12.8 Å². The molecule has 1 aromatic carbocycles. The smallest absolute Gasteiger partial charge is 0.274 e. The summed E-state index contributed by atoms with van der Waals surface area (Å²) in [4.78, 5) is 45.8. The van der Waals surface area contributed by atoms with Crippen LogP contribution in [0.5, 0.6) is 0 Å². The summed E-state index contributed by atoms with van der Waals surface area (Å²) in [6.45, 7) is 2.66. The van der Waals surface area contributed by atoms with Crippen LogP contribution in [0.15, 0.2) is 36.4 Å². The monoisotopic (exact) mass is 542 g/mol. The maximum absolute atomic E-state index is 12.7. The average molecular weight is 543 g/mol. The van der Waals surface area contributed by atoms with Crippen LogP contribution < -0.4 is 14.5 Å². The Labute approximate surface area is 217 Å². The molecule has 1 unspecified atom stereocenters. The molecule has 2 saturated heterocycles. The number of aromatic amines is 1. The van der Waals surface area contributed by atoms with E-state index in [0.717, 1.165) is 29.9 Å². The fourth-order valence-corrected chi connectivity index (χ4v) is 6.83. The number of rotatable bonds is 7. The van der Waals surface area contributed by atoms with E-state index in [9.17, 15) is 22.8 Å². The number of hydrogen-bond donors (Lipinski definition) is 2. The maximum atomic E-state index is 12.7. The zero-order valence-corrected chi connectivity index (χ0v) is 21.8. The van der Waals surface area contributed by atoms with E-state index in [1.165, 1.54) is 6.07 Å². The van der Waals surface area contributed by atoms with E-state index in [0.29, 0.717) is 35.2 Å². The second kappa shape index (κ2) is 10.1. The molecule has 3 aromatic rings. The second-order valence-corrected chi connectivity index (χ2v) is 12.1. The number of anilines is 2. The van der Waals surface area contributed by atoms with Crippen molar-refractivity contribution < 1.29 is 22.8 Å². The van der Waals surface area contributed by atoms with Gasteiger partial charge in [0.05, 0.1) is 15.5 Å². The molecular formula is C24H26N6O5S2. The number of thiophene rings is 1. The van der Waals surface area contributed by atoms with Crippen LogP contribution in [0.2, 0.25) is 0 Å². The number of hydrogen-bond acceptors (Lipinski definition) is 8. The number of aromatic nitrogens is 3. The summed E-state index contributed by atoms with van der Waals surface area (Å²) in [7, 11) is -3.97. The minimum Gasteiger partial charge on any atom is -0.312 e. The normalized spacial score (nSPS) is 18.5. The van der Waals surface area contributed by atoms with Crippen LogP contribution in [0.1, 0.15) is 41.2 Å². The van der Waals surface area contributed by atoms with Crippen LogP contribution in [0.4, 0.5) is 11.4 Å². The first kappa shape index (κ1) is 25.1.